The van der Waals surface area contributed by atoms with Gasteiger partial charge in [-0.15, -0.1) is 11.3 Å². The van der Waals surface area contributed by atoms with Crippen LogP contribution in [0.4, 0.5) is 10.5 Å². The Kier molecular flexibility index (Phi) is 5.85. The van der Waals surface area contributed by atoms with Gasteiger partial charge in [-0.3, -0.25) is 14.4 Å². The summed E-state index contributed by atoms with van der Waals surface area (Å²) in [6, 6.07) is 20.5. The lowest BCUT2D eigenvalue weighted by Gasteiger charge is -2.11. The second kappa shape index (κ2) is 9.09. The van der Waals surface area contributed by atoms with Gasteiger partial charge >= 0.3 is 0 Å². The molecule has 33 heavy (non-hydrogen) atoms. The molecular weight excluding hydrogens is 454 g/mol. The fourth-order valence-corrected chi connectivity index (χ4v) is 5.22. The Hall–Kier alpha value is -3.62. The number of nitrogens with one attached hydrogen (secondary N) is 1. The van der Waals surface area contributed by atoms with E-state index >= 15 is 0 Å². The molecule has 3 amide bonds. The summed E-state index contributed by atoms with van der Waals surface area (Å²) in [7, 11) is 0. The number of hydrogen-bond acceptors (Lipinski definition) is 5. The van der Waals surface area contributed by atoms with Crippen LogP contribution in [0, 0.1) is 0 Å². The van der Waals surface area contributed by atoms with Crippen LogP contribution in [-0.2, 0) is 22.7 Å². The van der Waals surface area contributed by atoms with E-state index in [0.717, 1.165) is 33.1 Å². The number of hydrogen-bond donors (Lipinski definition) is 1. The molecule has 3 heterocycles. The third kappa shape index (κ3) is 4.35. The molecule has 2 aromatic carbocycles. The monoisotopic (exact) mass is 473 g/mol. The molecule has 0 unspecified atom stereocenters. The number of amides is 3. The summed E-state index contributed by atoms with van der Waals surface area (Å²) < 4.78 is 1.87. The van der Waals surface area contributed by atoms with E-state index in [-0.39, 0.29) is 23.6 Å². The number of carbonyl (C=O) groups excluding carboxylic acids is 3. The Morgan fingerprint density at radius 1 is 0.970 bits per heavy atom. The predicted molar refractivity (Wildman–Crippen MR) is 133 cm³/mol. The van der Waals surface area contributed by atoms with Crippen molar-refractivity contribution in [1.29, 1.82) is 0 Å². The van der Waals surface area contributed by atoms with E-state index in [1.165, 1.54) is 4.90 Å². The van der Waals surface area contributed by atoms with Crippen molar-refractivity contribution in [2.24, 2.45) is 0 Å². The van der Waals surface area contributed by atoms with Crippen molar-refractivity contribution in [2.75, 3.05) is 4.90 Å². The fourth-order valence-electron chi connectivity index (χ4n) is 3.74. The number of anilines is 1. The quantitative estimate of drug-likeness (QED) is 0.388. The first-order valence-corrected chi connectivity index (χ1v) is 12.0. The van der Waals surface area contributed by atoms with Crippen LogP contribution in [0.2, 0.25) is 0 Å². The number of aromatic nitrogens is 1. The first kappa shape index (κ1) is 21.2. The maximum Gasteiger partial charge on any atom is 0.298 e. The van der Waals surface area contributed by atoms with E-state index in [0.29, 0.717) is 17.1 Å². The van der Waals surface area contributed by atoms with Crippen LogP contribution in [0.5, 0.6) is 0 Å². The summed E-state index contributed by atoms with van der Waals surface area (Å²) in [6.07, 6.45) is 3.59. The highest BCUT2D eigenvalue weighted by Gasteiger charge is 2.36. The molecule has 1 aliphatic rings. The van der Waals surface area contributed by atoms with Gasteiger partial charge in [0.15, 0.2) is 0 Å². The zero-order valence-electron chi connectivity index (χ0n) is 17.4. The zero-order chi connectivity index (χ0) is 22.8. The summed E-state index contributed by atoms with van der Waals surface area (Å²) in [6.45, 7) is 0.653. The summed E-state index contributed by atoms with van der Waals surface area (Å²) in [4.78, 5) is 40.7. The number of fused-ring (bicyclic) bond motifs is 1. The van der Waals surface area contributed by atoms with Gasteiger partial charge in [-0.2, -0.15) is 0 Å². The Morgan fingerprint density at radius 2 is 1.76 bits per heavy atom. The van der Waals surface area contributed by atoms with Crippen molar-refractivity contribution in [2.45, 2.75) is 13.1 Å². The molecule has 0 spiro atoms. The van der Waals surface area contributed by atoms with Crippen LogP contribution in [-0.4, -0.2) is 21.6 Å². The summed E-state index contributed by atoms with van der Waals surface area (Å²) in [5.41, 5.74) is 2.22. The molecule has 0 saturated carbocycles. The molecule has 0 radical (unpaired) electrons. The minimum absolute atomic E-state index is 0.0971. The van der Waals surface area contributed by atoms with Gasteiger partial charge in [0.05, 0.1) is 17.1 Å². The van der Waals surface area contributed by atoms with Gasteiger partial charge in [-0.05, 0) is 47.5 Å². The molecule has 4 aromatic rings. The number of carbonyl (C=O) groups is 3. The van der Waals surface area contributed by atoms with Crippen LogP contribution in [0.1, 0.15) is 10.4 Å². The largest absolute Gasteiger partial charge is 0.350 e. The molecule has 8 heteroatoms. The number of imide groups is 1. The smallest absolute Gasteiger partial charge is 0.298 e. The first-order chi connectivity index (χ1) is 16.1. The summed E-state index contributed by atoms with van der Waals surface area (Å²) >= 11 is 2.52. The number of nitrogens with zero attached hydrogens (tertiary/aromatic N) is 2. The summed E-state index contributed by atoms with van der Waals surface area (Å²) in [5.74, 6) is -0.443. The Labute approximate surface area is 198 Å². The molecular formula is C25H19N3O3S2. The third-order valence-corrected chi connectivity index (χ3v) is 7.01. The van der Waals surface area contributed by atoms with Crippen LogP contribution in [0.3, 0.4) is 0 Å². The molecule has 1 fully saturated rings. The molecule has 5 rings (SSSR count). The van der Waals surface area contributed by atoms with Crippen molar-refractivity contribution >= 4 is 62.8 Å². The van der Waals surface area contributed by atoms with Crippen molar-refractivity contribution in [3.05, 3.63) is 93.7 Å². The number of rotatable bonds is 6. The number of thiophene rings is 1. The second-order valence-corrected chi connectivity index (χ2v) is 9.46. The third-order valence-electron chi connectivity index (χ3n) is 5.27. The van der Waals surface area contributed by atoms with E-state index in [1.807, 2.05) is 58.6 Å². The Bertz CT molecular complexity index is 1370. The van der Waals surface area contributed by atoms with Crippen molar-refractivity contribution in [1.82, 2.24) is 9.88 Å². The van der Waals surface area contributed by atoms with Crippen LogP contribution in [0.25, 0.3) is 17.0 Å². The van der Waals surface area contributed by atoms with Gasteiger partial charge in [-0.1, -0.05) is 42.5 Å². The van der Waals surface area contributed by atoms with Crippen molar-refractivity contribution in [3.8, 4) is 0 Å². The van der Waals surface area contributed by atoms with E-state index in [9.17, 15) is 14.4 Å². The van der Waals surface area contributed by atoms with Gasteiger partial charge in [0, 0.05) is 27.5 Å². The first-order valence-electron chi connectivity index (χ1n) is 10.3. The van der Waals surface area contributed by atoms with Gasteiger partial charge in [0.1, 0.15) is 6.54 Å². The van der Waals surface area contributed by atoms with Gasteiger partial charge < -0.3 is 9.88 Å². The van der Waals surface area contributed by atoms with Crippen molar-refractivity contribution in [3.63, 3.8) is 0 Å². The zero-order valence-corrected chi connectivity index (χ0v) is 19.1. The predicted octanol–water partition coefficient (Wildman–Crippen LogP) is 5.26. The Morgan fingerprint density at radius 3 is 2.55 bits per heavy atom. The normalized spacial score (nSPS) is 15.0. The fraction of sp³-hybridized carbons (Fsp3) is 0.0800. The Balaban J connectivity index is 1.41. The highest BCUT2D eigenvalue weighted by Crippen LogP contribution is 2.36. The lowest BCUT2D eigenvalue weighted by molar-refractivity contribution is -0.121. The maximum absolute atomic E-state index is 13.0. The van der Waals surface area contributed by atoms with E-state index in [2.05, 4.69) is 5.32 Å². The second-order valence-electron chi connectivity index (χ2n) is 7.44. The maximum atomic E-state index is 13.0. The standard InChI is InChI=1S/C25H19N3O3S2/c29-23(26-14-19-9-6-12-32-19)16-27-15-17(20-10-4-5-11-21(20)27)13-22-24(30)28(25(31)33-22)18-7-2-1-3-8-18/h1-13,15H,14,16H2,(H,26,29)/b22-13-. The SMILES string of the molecule is O=C(Cn1cc(/C=C2\SC(=O)N(c3ccccc3)C2=O)c2ccccc21)NCc1cccs1. The highest BCUT2D eigenvalue weighted by atomic mass is 32.2. The molecule has 2 aromatic heterocycles. The lowest BCUT2D eigenvalue weighted by Crippen LogP contribution is -2.27. The molecule has 6 nitrogen and oxygen atoms in total. The molecule has 0 bridgehead atoms. The highest BCUT2D eigenvalue weighted by molar-refractivity contribution is 8.19. The average molecular weight is 474 g/mol. The number of para-hydroxylation sites is 2. The number of thioether (sulfide) groups is 1. The van der Waals surface area contributed by atoms with Gasteiger partial charge in [0.25, 0.3) is 11.1 Å². The van der Waals surface area contributed by atoms with Crippen LogP contribution < -0.4 is 10.2 Å². The minimum atomic E-state index is -0.346. The van der Waals surface area contributed by atoms with Crippen molar-refractivity contribution < 1.29 is 14.4 Å². The van der Waals surface area contributed by atoms with E-state index in [4.69, 9.17) is 0 Å². The number of benzene rings is 2. The molecule has 164 valence electrons. The average Bonchev–Trinajstić information content (AvgIpc) is 3.53. The molecule has 1 N–H and O–H groups in total. The molecule has 1 aliphatic heterocycles. The topological polar surface area (TPSA) is 71.4 Å². The molecule has 0 aliphatic carbocycles. The van der Waals surface area contributed by atoms with Crippen LogP contribution >= 0.6 is 23.1 Å². The van der Waals surface area contributed by atoms with E-state index < -0.39 is 0 Å². The van der Waals surface area contributed by atoms with Crippen LogP contribution in [0.15, 0.2) is 83.2 Å². The summed E-state index contributed by atoms with van der Waals surface area (Å²) in [5, 5.41) is 5.51. The lowest BCUT2D eigenvalue weighted by atomic mass is 10.1. The van der Waals surface area contributed by atoms with Gasteiger partial charge in [0.2, 0.25) is 5.91 Å². The molecule has 1 saturated heterocycles. The molecule has 0 atom stereocenters. The minimum Gasteiger partial charge on any atom is -0.350 e. The van der Waals surface area contributed by atoms with Gasteiger partial charge in [-0.25, -0.2) is 4.90 Å². The van der Waals surface area contributed by atoms with E-state index in [1.54, 1.807) is 41.7 Å².